The van der Waals surface area contributed by atoms with E-state index in [0.717, 1.165) is 11.4 Å². The Hall–Kier alpha value is -0.850. The van der Waals surface area contributed by atoms with Gasteiger partial charge in [-0.25, -0.2) is 0 Å². The van der Waals surface area contributed by atoms with Gasteiger partial charge >= 0.3 is 0 Å². The average Bonchev–Trinajstić information content (AvgIpc) is 2.37. The van der Waals surface area contributed by atoms with Crippen molar-refractivity contribution in [3.05, 3.63) is 21.9 Å². The van der Waals surface area contributed by atoms with Crippen molar-refractivity contribution in [2.75, 3.05) is 7.05 Å². The molecule has 1 heterocycles. The van der Waals surface area contributed by atoms with Crippen LogP contribution in [0.1, 0.15) is 10.4 Å². The standard InChI is InChI=1S/C7H8N2S/c1-9-4-6-2-7(3-8)10-5-6/h2,5,9H,4H2,1H3. The molecule has 0 aliphatic carbocycles. The Balaban J connectivity index is 2.71. The lowest BCUT2D eigenvalue weighted by Gasteiger charge is -1.89. The second-order valence-corrected chi connectivity index (χ2v) is 2.87. The number of thiophene rings is 1. The van der Waals surface area contributed by atoms with E-state index < -0.39 is 0 Å². The lowest BCUT2D eigenvalue weighted by Crippen LogP contribution is -2.03. The number of hydrogen-bond donors (Lipinski definition) is 1. The Morgan fingerprint density at radius 2 is 2.60 bits per heavy atom. The fourth-order valence-electron chi connectivity index (χ4n) is 0.731. The van der Waals surface area contributed by atoms with Crippen molar-refractivity contribution in [2.45, 2.75) is 6.54 Å². The molecular formula is C7H8N2S. The van der Waals surface area contributed by atoms with Crippen LogP contribution in [0, 0.1) is 11.3 Å². The highest BCUT2D eigenvalue weighted by Crippen LogP contribution is 2.12. The molecule has 0 saturated heterocycles. The monoisotopic (exact) mass is 152 g/mol. The van der Waals surface area contributed by atoms with Crippen molar-refractivity contribution < 1.29 is 0 Å². The van der Waals surface area contributed by atoms with Crippen LogP contribution in [0.3, 0.4) is 0 Å². The molecule has 0 fully saturated rings. The van der Waals surface area contributed by atoms with Gasteiger partial charge in [0, 0.05) is 6.54 Å². The van der Waals surface area contributed by atoms with E-state index in [2.05, 4.69) is 11.4 Å². The molecule has 52 valence electrons. The Kier molecular flexibility index (Phi) is 2.43. The first-order chi connectivity index (χ1) is 4.86. The molecule has 3 heteroatoms. The summed E-state index contributed by atoms with van der Waals surface area (Å²) >= 11 is 1.49. The molecule has 1 aromatic heterocycles. The minimum atomic E-state index is 0.783. The smallest absolute Gasteiger partial charge is 0.110 e. The van der Waals surface area contributed by atoms with E-state index in [1.165, 1.54) is 16.9 Å². The zero-order chi connectivity index (χ0) is 7.40. The first-order valence-corrected chi connectivity index (χ1v) is 3.87. The minimum Gasteiger partial charge on any atom is -0.316 e. The van der Waals surface area contributed by atoms with Gasteiger partial charge in [0.15, 0.2) is 0 Å². The number of hydrogen-bond acceptors (Lipinski definition) is 3. The largest absolute Gasteiger partial charge is 0.316 e. The highest BCUT2D eigenvalue weighted by molar-refractivity contribution is 7.10. The number of nitriles is 1. The summed E-state index contributed by atoms with van der Waals surface area (Å²) in [6.45, 7) is 0.845. The molecule has 0 spiro atoms. The SMILES string of the molecule is CNCc1csc(C#N)c1. The van der Waals surface area contributed by atoms with Crippen LogP contribution in [0.4, 0.5) is 0 Å². The van der Waals surface area contributed by atoms with Crippen LogP contribution in [0.5, 0.6) is 0 Å². The topological polar surface area (TPSA) is 35.8 Å². The second kappa shape index (κ2) is 3.35. The van der Waals surface area contributed by atoms with Gasteiger partial charge in [-0.15, -0.1) is 11.3 Å². The zero-order valence-corrected chi connectivity index (χ0v) is 6.53. The summed E-state index contributed by atoms with van der Waals surface area (Å²) in [6, 6.07) is 4.00. The quantitative estimate of drug-likeness (QED) is 0.694. The maximum atomic E-state index is 8.46. The van der Waals surface area contributed by atoms with Gasteiger partial charge < -0.3 is 5.32 Å². The summed E-state index contributed by atoms with van der Waals surface area (Å²) in [4.78, 5) is 0.783. The van der Waals surface area contributed by atoms with Crippen molar-refractivity contribution in [3.63, 3.8) is 0 Å². The molecule has 2 nitrogen and oxygen atoms in total. The second-order valence-electron chi connectivity index (χ2n) is 1.96. The lowest BCUT2D eigenvalue weighted by molar-refractivity contribution is 0.821. The van der Waals surface area contributed by atoms with Crippen molar-refractivity contribution in [1.29, 1.82) is 5.26 Å². The predicted octanol–water partition coefficient (Wildman–Crippen LogP) is 1.34. The highest BCUT2D eigenvalue weighted by atomic mass is 32.1. The van der Waals surface area contributed by atoms with Crippen molar-refractivity contribution in [3.8, 4) is 6.07 Å². The molecular weight excluding hydrogens is 144 g/mol. The van der Waals surface area contributed by atoms with Crippen LogP contribution in [-0.2, 0) is 6.54 Å². The van der Waals surface area contributed by atoms with Gasteiger partial charge in [0.25, 0.3) is 0 Å². The van der Waals surface area contributed by atoms with E-state index in [-0.39, 0.29) is 0 Å². The molecule has 0 radical (unpaired) electrons. The molecule has 0 bridgehead atoms. The number of nitrogens with one attached hydrogen (secondary N) is 1. The molecule has 1 aromatic rings. The molecule has 0 unspecified atom stereocenters. The van der Waals surface area contributed by atoms with Gasteiger partial charge in [0.05, 0.1) is 0 Å². The van der Waals surface area contributed by atoms with Crippen LogP contribution < -0.4 is 5.32 Å². The van der Waals surface area contributed by atoms with Crippen LogP contribution in [0.25, 0.3) is 0 Å². The predicted molar refractivity (Wildman–Crippen MR) is 41.8 cm³/mol. The molecule has 1 rings (SSSR count). The number of nitrogens with zero attached hydrogens (tertiary/aromatic N) is 1. The molecule has 0 atom stereocenters. The maximum Gasteiger partial charge on any atom is 0.110 e. The van der Waals surface area contributed by atoms with Gasteiger partial charge in [-0.2, -0.15) is 5.26 Å². The Labute approximate surface area is 64.1 Å². The fraction of sp³-hybridized carbons (Fsp3) is 0.286. The summed E-state index contributed by atoms with van der Waals surface area (Å²) in [7, 11) is 1.89. The first kappa shape index (κ1) is 7.26. The Morgan fingerprint density at radius 3 is 3.10 bits per heavy atom. The third kappa shape index (κ3) is 1.56. The van der Waals surface area contributed by atoms with Crippen molar-refractivity contribution in [1.82, 2.24) is 5.32 Å². The summed E-state index contributed by atoms with van der Waals surface area (Å²) in [5.41, 5.74) is 1.18. The number of rotatable bonds is 2. The molecule has 0 aromatic carbocycles. The van der Waals surface area contributed by atoms with Gasteiger partial charge in [0.1, 0.15) is 10.9 Å². The van der Waals surface area contributed by atoms with E-state index >= 15 is 0 Å². The lowest BCUT2D eigenvalue weighted by atomic mass is 10.3. The minimum absolute atomic E-state index is 0.783. The molecule has 0 amide bonds. The average molecular weight is 152 g/mol. The summed E-state index contributed by atoms with van der Waals surface area (Å²) in [5, 5.41) is 13.5. The van der Waals surface area contributed by atoms with Gasteiger partial charge in [-0.05, 0) is 24.1 Å². The van der Waals surface area contributed by atoms with E-state index in [4.69, 9.17) is 5.26 Å². The molecule has 10 heavy (non-hydrogen) atoms. The fourth-order valence-corrected chi connectivity index (χ4v) is 1.43. The summed E-state index contributed by atoms with van der Waals surface area (Å²) < 4.78 is 0. The van der Waals surface area contributed by atoms with Crippen LogP contribution >= 0.6 is 11.3 Å². The zero-order valence-electron chi connectivity index (χ0n) is 5.72. The van der Waals surface area contributed by atoms with E-state index in [1.54, 1.807) is 0 Å². The normalized spacial score (nSPS) is 9.20. The Bertz CT molecular complexity index is 246. The van der Waals surface area contributed by atoms with E-state index in [1.807, 2.05) is 18.5 Å². The molecule has 1 N–H and O–H groups in total. The van der Waals surface area contributed by atoms with Crippen LogP contribution in [-0.4, -0.2) is 7.05 Å². The van der Waals surface area contributed by atoms with Gasteiger partial charge in [0.2, 0.25) is 0 Å². The van der Waals surface area contributed by atoms with E-state index in [9.17, 15) is 0 Å². The van der Waals surface area contributed by atoms with E-state index in [0.29, 0.717) is 0 Å². The van der Waals surface area contributed by atoms with Crippen LogP contribution in [0.2, 0.25) is 0 Å². The summed E-state index contributed by atoms with van der Waals surface area (Å²) in [6.07, 6.45) is 0. The maximum absolute atomic E-state index is 8.46. The van der Waals surface area contributed by atoms with Gasteiger partial charge in [-0.1, -0.05) is 0 Å². The first-order valence-electron chi connectivity index (χ1n) is 2.99. The van der Waals surface area contributed by atoms with Crippen molar-refractivity contribution >= 4 is 11.3 Å². The Morgan fingerprint density at radius 1 is 1.80 bits per heavy atom. The highest BCUT2D eigenvalue weighted by Gasteiger charge is 1.95. The summed E-state index contributed by atoms with van der Waals surface area (Å²) in [5.74, 6) is 0. The molecule has 0 saturated carbocycles. The third-order valence-electron chi connectivity index (χ3n) is 1.14. The molecule has 0 aliphatic rings. The third-order valence-corrected chi connectivity index (χ3v) is 2.03. The van der Waals surface area contributed by atoms with Gasteiger partial charge in [-0.3, -0.25) is 0 Å². The van der Waals surface area contributed by atoms with Crippen LogP contribution in [0.15, 0.2) is 11.4 Å². The molecule has 0 aliphatic heterocycles. The van der Waals surface area contributed by atoms with Crippen molar-refractivity contribution in [2.24, 2.45) is 0 Å².